The fourth-order valence-corrected chi connectivity index (χ4v) is 0.897. The molecule has 0 unspecified atom stereocenters. The normalized spacial score (nSPS) is 17.3. The van der Waals surface area contributed by atoms with Crippen molar-refractivity contribution in [3.8, 4) is 0 Å². The summed E-state index contributed by atoms with van der Waals surface area (Å²) in [6, 6.07) is 0. The van der Waals surface area contributed by atoms with E-state index >= 15 is 0 Å². The Morgan fingerprint density at radius 1 is 1.70 bits per heavy atom. The number of allylic oxidation sites excluding steroid dienone is 6. The molecule has 0 spiro atoms. The quantitative estimate of drug-likeness (QED) is 0.417. The van der Waals surface area contributed by atoms with Gasteiger partial charge in [0.15, 0.2) is 0 Å². The number of rotatable bonds is 2. The summed E-state index contributed by atoms with van der Waals surface area (Å²) in [4.78, 5) is 10.2. The Morgan fingerprint density at radius 3 is 3.00 bits per heavy atom. The fraction of sp³-hybridized carbons (Fsp3) is 0.222. The highest BCUT2D eigenvalue weighted by Crippen LogP contribution is 2.12. The van der Waals surface area contributed by atoms with Crippen molar-refractivity contribution in [2.45, 2.75) is 13.3 Å². The largest absolute Gasteiger partial charge is 0.298 e. The van der Waals surface area contributed by atoms with E-state index in [1.807, 2.05) is 25.2 Å². The van der Waals surface area contributed by atoms with Crippen molar-refractivity contribution in [1.29, 1.82) is 0 Å². The molecule has 1 aliphatic carbocycles. The number of carbonyl (C=O) groups is 1. The lowest BCUT2D eigenvalue weighted by molar-refractivity contribution is -0.104. The second kappa shape index (κ2) is 3.16. The molecule has 0 aliphatic heterocycles. The summed E-state index contributed by atoms with van der Waals surface area (Å²) in [6.45, 7) is 1.81. The van der Waals surface area contributed by atoms with Gasteiger partial charge in [0, 0.05) is 0 Å². The minimum atomic E-state index is 0.787. The van der Waals surface area contributed by atoms with E-state index in [0.717, 1.165) is 18.3 Å². The Hall–Kier alpha value is -1.11. The van der Waals surface area contributed by atoms with Crippen molar-refractivity contribution in [2.24, 2.45) is 0 Å². The minimum absolute atomic E-state index is 0.787. The lowest BCUT2D eigenvalue weighted by Crippen LogP contribution is -1.77. The molecule has 0 radical (unpaired) electrons. The topological polar surface area (TPSA) is 17.1 Å². The van der Waals surface area contributed by atoms with Gasteiger partial charge in [0.1, 0.15) is 6.29 Å². The van der Waals surface area contributed by atoms with Crippen LogP contribution in [0.4, 0.5) is 0 Å². The summed E-state index contributed by atoms with van der Waals surface area (Å²) >= 11 is 0. The van der Waals surface area contributed by atoms with Gasteiger partial charge >= 0.3 is 0 Å². The molecule has 0 aromatic carbocycles. The summed E-state index contributed by atoms with van der Waals surface area (Å²) < 4.78 is 0. The summed E-state index contributed by atoms with van der Waals surface area (Å²) in [5.41, 5.74) is 2.00. The summed E-state index contributed by atoms with van der Waals surface area (Å²) in [5, 5.41) is 0. The Morgan fingerprint density at radius 2 is 2.50 bits per heavy atom. The highest BCUT2D eigenvalue weighted by atomic mass is 16.1. The van der Waals surface area contributed by atoms with Crippen LogP contribution in [0.25, 0.3) is 0 Å². The molecule has 0 fully saturated rings. The van der Waals surface area contributed by atoms with Crippen molar-refractivity contribution in [3.05, 3.63) is 35.5 Å². The van der Waals surface area contributed by atoms with Crippen LogP contribution in [0, 0.1) is 0 Å². The van der Waals surface area contributed by atoms with Gasteiger partial charge in [-0.15, -0.1) is 0 Å². The molecule has 1 heteroatoms. The molecular weight excluding hydrogens is 124 g/mol. The van der Waals surface area contributed by atoms with Crippen molar-refractivity contribution < 1.29 is 4.79 Å². The van der Waals surface area contributed by atoms with Gasteiger partial charge in [-0.3, -0.25) is 4.79 Å². The molecule has 52 valence electrons. The van der Waals surface area contributed by atoms with Crippen LogP contribution in [0.15, 0.2) is 35.5 Å². The van der Waals surface area contributed by atoms with Gasteiger partial charge in [-0.05, 0) is 24.5 Å². The molecule has 1 nitrogen and oxygen atoms in total. The third kappa shape index (κ3) is 1.69. The fourth-order valence-electron chi connectivity index (χ4n) is 0.897. The summed E-state index contributed by atoms with van der Waals surface area (Å²) in [6.07, 6.45) is 9.85. The SMILES string of the molecule is CC(C=O)=CC1=CC=CC1. The Bertz CT molecular complexity index is 219. The van der Waals surface area contributed by atoms with E-state index in [1.165, 1.54) is 5.57 Å². The van der Waals surface area contributed by atoms with Gasteiger partial charge in [0.25, 0.3) is 0 Å². The molecule has 0 saturated carbocycles. The van der Waals surface area contributed by atoms with E-state index in [0.29, 0.717) is 0 Å². The third-order valence-electron chi connectivity index (χ3n) is 1.40. The molecule has 1 rings (SSSR count). The Labute approximate surface area is 60.7 Å². The first-order valence-electron chi connectivity index (χ1n) is 3.32. The van der Waals surface area contributed by atoms with Gasteiger partial charge < -0.3 is 0 Å². The van der Waals surface area contributed by atoms with Crippen LogP contribution in [0.3, 0.4) is 0 Å². The molecule has 0 atom stereocenters. The monoisotopic (exact) mass is 134 g/mol. The molecule has 0 bridgehead atoms. The molecular formula is C9H10O. The van der Waals surface area contributed by atoms with E-state index < -0.39 is 0 Å². The molecule has 0 aromatic rings. The van der Waals surface area contributed by atoms with E-state index in [2.05, 4.69) is 6.08 Å². The van der Waals surface area contributed by atoms with Crippen LogP contribution in [-0.4, -0.2) is 6.29 Å². The van der Waals surface area contributed by atoms with Gasteiger partial charge in [-0.25, -0.2) is 0 Å². The maximum Gasteiger partial charge on any atom is 0.145 e. The molecule has 0 heterocycles. The van der Waals surface area contributed by atoms with E-state index in [4.69, 9.17) is 0 Å². The van der Waals surface area contributed by atoms with E-state index in [1.54, 1.807) is 0 Å². The van der Waals surface area contributed by atoms with Gasteiger partial charge in [0.2, 0.25) is 0 Å². The second-order valence-corrected chi connectivity index (χ2v) is 2.38. The van der Waals surface area contributed by atoms with Crippen LogP contribution < -0.4 is 0 Å². The predicted molar refractivity (Wildman–Crippen MR) is 41.7 cm³/mol. The molecule has 0 aromatic heterocycles. The molecule has 0 saturated heterocycles. The van der Waals surface area contributed by atoms with Crippen LogP contribution in [0.2, 0.25) is 0 Å². The zero-order valence-corrected chi connectivity index (χ0v) is 6.00. The highest BCUT2D eigenvalue weighted by molar-refractivity contribution is 5.73. The highest BCUT2D eigenvalue weighted by Gasteiger charge is 1.94. The van der Waals surface area contributed by atoms with E-state index in [9.17, 15) is 4.79 Å². The number of carbonyl (C=O) groups excluding carboxylic acids is 1. The van der Waals surface area contributed by atoms with Gasteiger partial charge in [-0.2, -0.15) is 0 Å². The van der Waals surface area contributed by atoms with E-state index in [-0.39, 0.29) is 0 Å². The van der Waals surface area contributed by atoms with Crippen molar-refractivity contribution in [2.75, 3.05) is 0 Å². The van der Waals surface area contributed by atoms with Crippen molar-refractivity contribution >= 4 is 6.29 Å². The van der Waals surface area contributed by atoms with Crippen LogP contribution in [-0.2, 0) is 4.79 Å². The van der Waals surface area contributed by atoms with Crippen LogP contribution in [0.1, 0.15) is 13.3 Å². The molecule has 1 aliphatic rings. The van der Waals surface area contributed by atoms with Crippen LogP contribution >= 0.6 is 0 Å². The molecule has 0 N–H and O–H groups in total. The number of aldehydes is 1. The van der Waals surface area contributed by atoms with Crippen molar-refractivity contribution in [3.63, 3.8) is 0 Å². The predicted octanol–water partition coefficient (Wildman–Crippen LogP) is 2.02. The van der Waals surface area contributed by atoms with Crippen LogP contribution in [0.5, 0.6) is 0 Å². The zero-order chi connectivity index (χ0) is 7.40. The summed E-state index contributed by atoms with van der Waals surface area (Å²) in [7, 11) is 0. The lowest BCUT2D eigenvalue weighted by atomic mass is 10.2. The lowest BCUT2D eigenvalue weighted by Gasteiger charge is -1.90. The first-order chi connectivity index (χ1) is 4.83. The first-order valence-corrected chi connectivity index (χ1v) is 3.32. The first kappa shape index (κ1) is 7.00. The molecule has 0 amide bonds. The number of hydrogen-bond acceptors (Lipinski definition) is 1. The second-order valence-electron chi connectivity index (χ2n) is 2.38. The third-order valence-corrected chi connectivity index (χ3v) is 1.40. The Balaban J connectivity index is 2.61. The maximum absolute atomic E-state index is 10.2. The molecule has 10 heavy (non-hydrogen) atoms. The average Bonchev–Trinajstić information content (AvgIpc) is 2.40. The zero-order valence-electron chi connectivity index (χ0n) is 6.00. The average molecular weight is 134 g/mol. The number of hydrogen-bond donors (Lipinski definition) is 0. The summed E-state index contributed by atoms with van der Waals surface area (Å²) in [5.74, 6) is 0. The maximum atomic E-state index is 10.2. The standard InChI is InChI=1S/C9H10O/c1-8(7-10)6-9-4-2-3-5-9/h2-4,6-7H,5H2,1H3. The van der Waals surface area contributed by atoms with Gasteiger partial charge in [0.05, 0.1) is 0 Å². The van der Waals surface area contributed by atoms with Gasteiger partial charge in [-0.1, -0.05) is 24.3 Å². The van der Waals surface area contributed by atoms with Crippen molar-refractivity contribution in [1.82, 2.24) is 0 Å². The Kier molecular flexibility index (Phi) is 2.21. The minimum Gasteiger partial charge on any atom is -0.298 e. The smallest absolute Gasteiger partial charge is 0.145 e.